The second kappa shape index (κ2) is 15.1. The van der Waals surface area contributed by atoms with Crippen LogP contribution >= 0.6 is 17.0 Å². The van der Waals surface area contributed by atoms with Gasteiger partial charge in [-0.1, -0.05) is 62.2 Å². The Bertz CT molecular complexity index is 1820. The van der Waals surface area contributed by atoms with Crippen LogP contribution in [0, 0.1) is 6.92 Å². The van der Waals surface area contributed by atoms with Crippen molar-refractivity contribution in [2.75, 3.05) is 0 Å². The summed E-state index contributed by atoms with van der Waals surface area (Å²) < 4.78 is 1.15. The minimum absolute atomic E-state index is 1.11. The molecule has 7 aromatic rings. The average Bonchev–Trinajstić information content (AvgIpc) is 3.61. The number of hydrogen-bond acceptors (Lipinski definition) is 0. The van der Waals surface area contributed by atoms with E-state index in [9.17, 15) is 0 Å². The second-order valence-electron chi connectivity index (χ2n) is 10.7. The monoisotopic (exact) mass is 676 g/mol. The van der Waals surface area contributed by atoms with Gasteiger partial charge in [-0.3, -0.25) is 0 Å². The molecule has 0 aliphatic carbocycles. The summed E-state index contributed by atoms with van der Waals surface area (Å²) in [5, 5.41) is 8.24. The Kier molecular flexibility index (Phi) is 11.0. The van der Waals surface area contributed by atoms with E-state index in [2.05, 4.69) is 124 Å². The van der Waals surface area contributed by atoms with E-state index in [-0.39, 0.29) is 0 Å². The standard InChI is InChI=1S/C17H17.C13H10.C10H9.2ClH.Zr/c1-3-12-5-7-16-14(9-12)11-15-10-13(4-2)6-8-17(15)16;1-3-7-12(8-4-1)11-13-9-5-2-6-10-13;1-8-6-9-4-2-3-5-10(9)7-8;;;/h5-11H,3-4H2,1-2H3;1-10H;2-7H,1H3;2*1H;/q-1;;-1;;;+2/p-2. The van der Waals surface area contributed by atoms with Crippen LogP contribution in [0.2, 0.25) is 0 Å². The third kappa shape index (κ3) is 7.90. The molecule has 0 unspecified atom stereocenters. The molecule has 0 aromatic heterocycles. The van der Waals surface area contributed by atoms with E-state index < -0.39 is 18.9 Å². The Morgan fingerprint density at radius 1 is 0.558 bits per heavy atom. The van der Waals surface area contributed by atoms with Gasteiger partial charge in [0.25, 0.3) is 0 Å². The van der Waals surface area contributed by atoms with Crippen molar-refractivity contribution in [2.24, 2.45) is 0 Å². The van der Waals surface area contributed by atoms with Gasteiger partial charge < -0.3 is 0 Å². The van der Waals surface area contributed by atoms with Gasteiger partial charge in [-0.15, -0.1) is 80.3 Å². The maximum atomic E-state index is 6.24. The van der Waals surface area contributed by atoms with Crippen molar-refractivity contribution in [3.8, 4) is 0 Å². The van der Waals surface area contributed by atoms with Gasteiger partial charge >= 0.3 is 111 Å². The molecule has 0 saturated carbocycles. The molecule has 0 bridgehead atoms. The first-order valence-corrected chi connectivity index (χ1v) is 22.4. The number of rotatable bonds is 4. The molecule has 0 atom stereocenters. The predicted molar refractivity (Wildman–Crippen MR) is 188 cm³/mol. The number of benzene rings is 5. The molecule has 0 heterocycles. The van der Waals surface area contributed by atoms with Crippen molar-refractivity contribution in [3.63, 3.8) is 0 Å². The van der Waals surface area contributed by atoms with Crippen LogP contribution in [0.4, 0.5) is 0 Å². The zero-order chi connectivity index (χ0) is 30.2. The second-order valence-corrected chi connectivity index (χ2v) is 18.8. The molecule has 216 valence electrons. The van der Waals surface area contributed by atoms with E-state index in [1.807, 2.05) is 36.4 Å². The van der Waals surface area contributed by atoms with Gasteiger partial charge in [-0.25, -0.2) is 0 Å². The van der Waals surface area contributed by atoms with Gasteiger partial charge in [-0.2, -0.15) is 6.07 Å². The molecule has 0 N–H and O–H groups in total. The fourth-order valence-corrected chi connectivity index (χ4v) is 9.94. The molecule has 43 heavy (non-hydrogen) atoms. The molecule has 3 heteroatoms. The van der Waals surface area contributed by atoms with Gasteiger partial charge in [0.15, 0.2) is 0 Å². The summed E-state index contributed by atoms with van der Waals surface area (Å²) in [6.45, 7) is 6.54. The third-order valence-corrected chi connectivity index (χ3v) is 12.3. The first kappa shape index (κ1) is 31.3. The molecule has 0 saturated heterocycles. The molecule has 0 aliphatic rings. The Morgan fingerprint density at radius 3 is 1.51 bits per heavy atom. The average molecular weight is 679 g/mol. The Hall–Kier alpha value is -3.09. The predicted octanol–water partition coefficient (Wildman–Crippen LogP) is 11.9. The van der Waals surface area contributed by atoms with Crippen LogP contribution in [0.25, 0.3) is 32.3 Å². The fourth-order valence-electron chi connectivity index (χ4n) is 5.46. The topological polar surface area (TPSA) is 0 Å². The number of aryl methyl sites for hydroxylation is 3. The summed E-state index contributed by atoms with van der Waals surface area (Å²) in [5.74, 6) is 0. The van der Waals surface area contributed by atoms with Crippen molar-refractivity contribution < 1.29 is 18.9 Å². The SMILES string of the molecule is CCc1ccc2c(c1)[cH-]c1cc(CC)ccc12.Cc1cc2ccccc2[cH-]1.[Cl][Zr]([Cl])=[C](c1ccccc1)c1ccccc1. The molecule has 0 aliphatic heterocycles. The number of fused-ring (bicyclic) bond motifs is 4. The summed E-state index contributed by atoms with van der Waals surface area (Å²) >= 11 is -2.44. The Morgan fingerprint density at radius 2 is 1.05 bits per heavy atom. The number of hydrogen-bond donors (Lipinski definition) is 0. The van der Waals surface area contributed by atoms with Crippen LogP contribution in [-0.2, 0) is 31.7 Å². The normalized spacial score (nSPS) is 10.6. The van der Waals surface area contributed by atoms with Crippen LogP contribution in [0.5, 0.6) is 0 Å². The Balaban J connectivity index is 0.000000133. The third-order valence-electron chi connectivity index (χ3n) is 7.73. The maximum absolute atomic E-state index is 6.24. The molecular weight excluding hydrogens is 643 g/mol. The molecule has 0 fully saturated rings. The summed E-state index contributed by atoms with van der Waals surface area (Å²) in [7, 11) is 12.5. The van der Waals surface area contributed by atoms with Gasteiger partial charge in [0, 0.05) is 0 Å². The van der Waals surface area contributed by atoms with Gasteiger partial charge in [-0.05, 0) is 12.8 Å². The summed E-state index contributed by atoms with van der Waals surface area (Å²) in [4.78, 5) is 0. The first-order valence-electron chi connectivity index (χ1n) is 14.9. The van der Waals surface area contributed by atoms with Crippen molar-refractivity contribution in [1.82, 2.24) is 0 Å². The summed E-state index contributed by atoms with van der Waals surface area (Å²) in [5.41, 5.74) is 6.48. The fraction of sp³-hybridized carbons (Fsp3) is 0.125. The van der Waals surface area contributed by atoms with Crippen LogP contribution in [0.1, 0.15) is 41.7 Å². The van der Waals surface area contributed by atoms with Crippen LogP contribution in [0.3, 0.4) is 0 Å². The molecule has 0 radical (unpaired) electrons. The van der Waals surface area contributed by atoms with E-state index in [4.69, 9.17) is 17.0 Å². The molecule has 0 spiro atoms. The Labute approximate surface area is 270 Å². The van der Waals surface area contributed by atoms with Gasteiger partial charge in [0.1, 0.15) is 0 Å². The minimum atomic E-state index is -2.44. The molecule has 7 rings (SSSR count). The van der Waals surface area contributed by atoms with Crippen molar-refractivity contribution >= 4 is 52.5 Å². The van der Waals surface area contributed by atoms with Crippen molar-refractivity contribution in [1.29, 1.82) is 0 Å². The zero-order valence-corrected chi connectivity index (χ0v) is 28.9. The van der Waals surface area contributed by atoms with Crippen LogP contribution < -0.4 is 0 Å². The van der Waals surface area contributed by atoms with E-state index in [1.165, 1.54) is 49.0 Å². The summed E-state index contributed by atoms with van der Waals surface area (Å²) in [6, 6.07) is 49.1. The van der Waals surface area contributed by atoms with Crippen molar-refractivity contribution in [2.45, 2.75) is 33.6 Å². The van der Waals surface area contributed by atoms with Crippen LogP contribution in [0.15, 0.2) is 140 Å². The van der Waals surface area contributed by atoms with Crippen LogP contribution in [-0.4, -0.2) is 3.21 Å². The van der Waals surface area contributed by atoms with E-state index >= 15 is 0 Å². The van der Waals surface area contributed by atoms with E-state index in [0.717, 1.165) is 27.2 Å². The summed E-state index contributed by atoms with van der Waals surface area (Å²) in [6.07, 6.45) is 2.22. The molecule has 7 aromatic carbocycles. The molecule has 0 nitrogen and oxygen atoms in total. The number of halogens is 2. The quantitative estimate of drug-likeness (QED) is 0.163. The van der Waals surface area contributed by atoms with Gasteiger partial charge in [0.2, 0.25) is 0 Å². The first-order chi connectivity index (χ1) is 21.0. The zero-order valence-electron chi connectivity index (χ0n) is 24.9. The molecular formula is C40H36Cl2Zr-2. The van der Waals surface area contributed by atoms with Crippen molar-refractivity contribution in [3.05, 3.63) is 167 Å². The van der Waals surface area contributed by atoms with Gasteiger partial charge in [0.05, 0.1) is 0 Å². The molecule has 0 amide bonds. The van der Waals surface area contributed by atoms with E-state index in [0.29, 0.717) is 0 Å². The van der Waals surface area contributed by atoms with E-state index in [1.54, 1.807) is 0 Å².